The standard InChI is InChI=1S/C13H20N2O/c1-5-10-9-7-16-8-11(9)15-12(14-10)13(3,4)6-2/h5-8H2,1-4H3. The molecule has 0 amide bonds. The van der Waals surface area contributed by atoms with Crippen molar-refractivity contribution in [1.82, 2.24) is 9.97 Å². The van der Waals surface area contributed by atoms with Crippen LogP contribution in [0.1, 0.15) is 56.9 Å². The van der Waals surface area contributed by atoms with E-state index in [1.54, 1.807) is 0 Å². The van der Waals surface area contributed by atoms with Crippen molar-refractivity contribution in [3.05, 3.63) is 22.8 Å². The average molecular weight is 220 g/mol. The highest BCUT2D eigenvalue weighted by molar-refractivity contribution is 5.29. The fraction of sp³-hybridized carbons (Fsp3) is 0.692. The van der Waals surface area contributed by atoms with Crippen molar-refractivity contribution in [1.29, 1.82) is 0 Å². The first kappa shape index (κ1) is 11.5. The Balaban J connectivity index is 2.50. The summed E-state index contributed by atoms with van der Waals surface area (Å²) >= 11 is 0. The highest BCUT2D eigenvalue weighted by Crippen LogP contribution is 2.28. The number of aromatic nitrogens is 2. The van der Waals surface area contributed by atoms with Crippen LogP contribution in [0, 0.1) is 0 Å². The van der Waals surface area contributed by atoms with Crippen molar-refractivity contribution < 1.29 is 4.74 Å². The summed E-state index contributed by atoms with van der Waals surface area (Å²) in [5, 5.41) is 0. The number of hydrogen-bond acceptors (Lipinski definition) is 3. The van der Waals surface area contributed by atoms with Crippen LogP contribution in [-0.2, 0) is 29.8 Å². The van der Waals surface area contributed by atoms with Crippen LogP contribution in [0.15, 0.2) is 0 Å². The fourth-order valence-corrected chi connectivity index (χ4v) is 1.87. The molecule has 0 spiro atoms. The minimum atomic E-state index is 0.0571. The number of hydrogen-bond donors (Lipinski definition) is 0. The molecule has 0 aliphatic carbocycles. The molecule has 0 aromatic carbocycles. The number of nitrogens with zero attached hydrogens (tertiary/aromatic N) is 2. The van der Waals surface area contributed by atoms with E-state index < -0.39 is 0 Å². The maximum atomic E-state index is 5.46. The third kappa shape index (κ3) is 1.84. The molecule has 0 atom stereocenters. The lowest BCUT2D eigenvalue weighted by Gasteiger charge is -2.22. The normalized spacial score (nSPS) is 15.2. The van der Waals surface area contributed by atoms with Gasteiger partial charge in [0.05, 0.1) is 18.9 Å². The van der Waals surface area contributed by atoms with E-state index in [9.17, 15) is 0 Å². The van der Waals surface area contributed by atoms with Crippen LogP contribution >= 0.6 is 0 Å². The van der Waals surface area contributed by atoms with Gasteiger partial charge < -0.3 is 4.74 Å². The summed E-state index contributed by atoms with van der Waals surface area (Å²) in [7, 11) is 0. The molecule has 2 rings (SSSR count). The van der Waals surface area contributed by atoms with Crippen LogP contribution in [-0.4, -0.2) is 9.97 Å². The molecule has 0 N–H and O–H groups in total. The van der Waals surface area contributed by atoms with Gasteiger partial charge in [-0.25, -0.2) is 9.97 Å². The zero-order valence-electron chi connectivity index (χ0n) is 10.6. The first-order valence-corrected chi connectivity index (χ1v) is 6.05. The topological polar surface area (TPSA) is 35.0 Å². The van der Waals surface area contributed by atoms with E-state index in [0.29, 0.717) is 13.2 Å². The van der Waals surface area contributed by atoms with Crippen molar-refractivity contribution in [2.45, 2.75) is 59.2 Å². The zero-order valence-corrected chi connectivity index (χ0v) is 10.6. The van der Waals surface area contributed by atoms with Gasteiger partial charge in [-0.2, -0.15) is 0 Å². The Bertz CT molecular complexity index is 399. The molecule has 0 unspecified atom stereocenters. The van der Waals surface area contributed by atoms with E-state index in [2.05, 4.69) is 32.7 Å². The summed E-state index contributed by atoms with van der Waals surface area (Å²) < 4.78 is 5.46. The minimum Gasteiger partial charge on any atom is -0.370 e. The third-order valence-corrected chi connectivity index (χ3v) is 3.49. The predicted octanol–water partition coefficient (Wildman–Crippen LogP) is 2.76. The maximum Gasteiger partial charge on any atom is 0.134 e. The Morgan fingerprint density at radius 2 is 1.94 bits per heavy atom. The molecule has 0 fully saturated rings. The molecule has 88 valence electrons. The Labute approximate surface area is 97.3 Å². The van der Waals surface area contributed by atoms with Crippen molar-refractivity contribution >= 4 is 0 Å². The molecular formula is C13H20N2O. The van der Waals surface area contributed by atoms with Gasteiger partial charge in [0.2, 0.25) is 0 Å². The number of aryl methyl sites for hydroxylation is 1. The van der Waals surface area contributed by atoms with E-state index in [1.807, 2.05) is 0 Å². The minimum absolute atomic E-state index is 0.0571. The Morgan fingerprint density at radius 1 is 1.19 bits per heavy atom. The van der Waals surface area contributed by atoms with E-state index in [4.69, 9.17) is 9.72 Å². The summed E-state index contributed by atoms with van der Waals surface area (Å²) in [5.74, 6) is 0.969. The zero-order chi connectivity index (χ0) is 11.8. The van der Waals surface area contributed by atoms with Gasteiger partial charge in [0, 0.05) is 16.7 Å². The van der Waals surface area contributed by atoms with Gasteiger partial charge in [-0.15, -0.1) is 0 Å². The molecule has 2 heterocycles. The third-order valence-electron chi connectivity index (χ3n) is 3.49. The van der Waals surface area contributed by atoms with E-state index >= 15 is 0 Å². The smallest absolute Gasteiger partial charge is 0.134 e. The SMILES string of the molecule is CCc1nc(C(C)(C)CC)nc2c1COC2. The van der Waals surface area contributed by atoms with Crippen LogP contribution < -0.4 is 0 Å². The van der Waals surface area contributed by atoms with Gasteiger partial charge in [0.15, 0.2) is 0 Å². The molecule has 1 aliphatic rings. The number of ether oxygens (including phenoxy) is 1. The van der Waals surface area contributed by atoms with Crippen LogP contribution in [0.2, 0.25) is 0 Å². The summed E-state index contributed by atoms with van der Waals surface area (Å²) in [6, 6.07) is 0. The summed E-state index contributed by atoms with van der Waals surface area (Å²) in [6.07, 6.45) is 2.01. The van der Waals surface area contributed by atoms with E-state index in [0.717, 1.165) is 24.4 Å². The van der Waals surface area contributed by atoms with Gasteiger partial charge in [-0.3, -0.25) is 0 Å². The second-order valence-corrected chi connectivity index (χ2v) is 5.00. The van der Waals surface area contributed by atoms with Crippen LogP contribution in [0.4, 0.5) is 0 Å². The predicted molar refractivity (Wildman–Crippen MR) is 63.2 cm³/mol. The number of rotatable bonds is 3. The summed E-state index contributed by atoms with van der Waals surface area (Å²) in [6.45, 7) is 10.1. The molecule has 1 aromatic heterocycles. The molecule has 0 radical (unpaired) electrons. The lowest BCUT2D eigenvalue weighted by Crippen LogP contribution is -2.21. The van der Waals surface area contributed by atoms with Crippen molar-refractivity contribution in [3.8, 4) is 0 Å². The molecule has 16 heavy (non-hydrogen) atoms. The Morgan fingerprint density at radius 3 is 2.56 bits per heavy atom. The van der Waals surface area contributed by atoms with Gasteiger partial charge in [-0.1, -0.05) is 27.7 Å². The van der Waals surface area contributed by atoms with Crippen LogP contribution in [0.3, 0.4) is 0 Å². The highest BCUT2D eigenvalue weighted by atomic mass is 16.5. The Hall–Kier alpha value is -0.960. The van der Waals surface area contributed by atoms with Gasteiger partial charge in [0.1, 0.15) is 5.82 Å². The average Bonchev–Trinajstić information content (AvgIpc) is 2.75. The molecule has 0 bridgehead atoms. The monoisotopic (exact) mass is 220 g/mol. The molecule has 1 aromatic rings. The molecule has 3 heteroatoms. The van der Waals surface area contributed by atoms with Crippen LogP contribution in [0.25, 0.3) is 0 Å². The van der Waals surface area contributed by atoms with E-state index in [1.165, 1.54) is 11.3 Å². The summed E-state index contributed by atoms with van der Waals surface area (Å²) in [5.41, 5.74) is 3.54. The quantitative estimate of drug-likeness (QED) is 0.785. The van der Waals surface area contributed by atoms with Gasteiger partial charge in [0.25, 0.3) is 0 Å². The van der Waals surface area contributed by atoms with Gasteiger partial charge in [-0.05, 0) is 12.8 Å². The molecule has 1 aliphatic heterocycles. The maximum absolute atomic E-state index is 5.46. The number of fused-ring (bicyclic) bond motifs is 1. The first-order chi connectivity index (χ1) is 7.58. The van der Waals surface area contributed by atoms with Crippen molar-refractivity contribution in [2.24, 2.45) is 0 Å². The first-order valence-electron chi connectivity index (χ1n) is 6.05. The largest absolute Gasteiger partial charge is 0.370 e. The van der Waals surface area contributed by atoms with Gasteiger partial charge >= 0.3 is 0 Å². The lowest BCUT2D eigenvalue weighted by atomic mass is 9.89. The van der Waals surface area contributed by atoms with E-state index in [-0.39, 0.29) is 5.41 Å². The lowest BCUT2D eigenvalue weighted by molar-refractivity contribution is 0.132. The molecule has 3 nitrogen and oxygen atoms in total. The molecular weight excluding hydrogens is 200 g/mol. The van der Waals surface area contributed by atoms with Crippen molar-refractivity contribution in [3.63, 3.8) is 0 Å². The van der Waals surface area contributed by atoms with Crippen molar-refractivity contribution in [2.75, 3.05) is 0 Å². The van der Waals surface area contributed by atoms with Crippen LogP contribution in [0.5, 0.6) is 0 Å². The fourth-order valence-electron chi connectivity index (χ4n) is 1.87. The second kappa shape index (κ2) is 4.13. The molecule has 0 saturated heterocycles. The second-order valence-electron chi connectivity index (χ2n) is 5.00. The molecule has 0 saturated carbocycles. The summed E-state index contributed by atoms with van der Waals surface area (Å²) in [4.78, 5) is 9.38. The highest BCUT2D eigenvalue weighted by Gasteiger charge is 2.26. The Kier molecular flexibility index (Phi) is 2.98.